The minimum absolute atomic E-state index is 0.423. The lowest BCUT2D eigenvalue weighted by atomic mass is 10.1. The molecular weight excluding hydrogens is 341 g/mol. The molecule has 1 aliphatic heterocycles. The van der Waals surface area contributed by atoms with E-state index in [1.807, 2.05) is 6.92 Å². The predicted octanol–water partition coefficient (Wildman–Crippen LogP) is 0.977. The van der Waals surface area contributed by atoms with E-state index >= 15 is 0 Å². The Bertz CT molecular complexity index is 789. The molecule has 2 aromatic heterocycles. The molecule has 0 bridgehead atoms. The molecule has 25 heavy (non-hydrogen) atoms. The first-order valence-corrected chi connectivity index (χ1v) is 11.5. The lowest BCUT2D eigenvalue weighted by molar-refractivity contribution is -0.0353. The zero-order valence-corrected chi connectivity index (χ0v) is 15.7. The summed E-state index contributed by atoms with van der Waals surface area (Å²) in [5.74, 6) is 0.638. The molecule has 0 aliphatic carbocycles. The van der Waals surface area contributed by atoms with Crippen LogP contribution in [-0.4, -0.2) is 80.4 Å². The van der Waals surface area contributed by atoms with Gasteiger partial charge in [-0.05, 0) is 32.8 Å². The molecule has 3 rings (SSSR count). The Hall–Kier alpha value is -1.47. The van der Waals surface area contributed by atoms with E-state index in [1.54, 1.807) is 10.9 Å². The SMILES string of the molecule is C=P(C)(C)CCC1O[C@@H](n2cnc3c(NCC)ncnc32)[C@H](O)[C@@H]1O. The Balaban J connectivity index is 1.85. The van der Waals surface area contributed by atoms with Crippen molar-refractivity contribution < 1.29 is 14.9 Å². The summed E-state index contributed by atoms with van der Waals surface area (Å²) in [4.78, 5) is 12.8. The smallest absolute Gasteiger partial charge is 0.167 e. The summed E-state index contributed by atoms with van der Waals surface area (Å²) in [6.45, 7) is 5.76. The molecule has 0 radical (unpaired) electrons. The van der Waals surface area contributed by atoms with E-state index in [4.69, 9.17) is 4.74 Å². The maximum atomic E-state index is 10.5. The van der Waals surface area contributed by atoms with E-state index in [1.165, 1.54) is 6.33 Å². The summed E-state index contributed by atoms with van der Waals surface area (Å²) in [6, 6.07) is 0. The summed E-state index contributed by atoms with van der Waals surface area (Å²) in [6.07, 6.45) is 5.65. The minimum Gasteiger partial charge on any atom is -0.388 e. The zero-order valence-electron chi connectivity index (χ0n) is 14.8. The highest BCUT2D eigenvalue weighted by atomic mass is 31.2. The fourth-order valence-corrected chi connectivity index (χ4v) is 3.96. The van der Waals surface area contributed by atoms with Gasteiger partial charge in [0.25, 0.3) is 0 Å². The molecule has 3 heterocycles. The summed E-state index contributed by atoms with van der Waals surface area (Å²) in [5, 5.41) is 24.0. The summed E-state index contributed by atoms with van der Waals surface area (Å²) in [7, 11) is 0. The minimum atomic E-state index is -1.22. The predicted molar refractivity (Wildman–Crippen MR) is 101 cm³/mol. The molecule has 0 spiro atoms. The van der Waals surface area contributed by atoms with Gasteiger partial charge in [0, 0.05) is 6.54 Å². The van der Waals surface area contributed by atoms with E-state index in [2.05, 4.69) is 39.9 Å². The van der Waals surface area contributed by atoms with Crippen LogP contribution in [0.25, 0.3) is 11.2 Å². The van der Waals surface area contributed by atoms with Gasteiger partial charge in [0.15, 0.2) is 23.2 Å². The molecule has 138 valence electrons. The molecule has 2 aromatic rings. The topological polar surface area (TPSA) is 105 Å². The fraction of sp³-hybridized carbons (Fsp3) is 0.625. The first kappa shape index (κ1) is 18.3. The van der Waals surface area contributed by atoms with Crippen molar-refractivity contribution >= 4 is 30.2 Å². The zero-order chi connectivity index (χ0) is 18.2. The van der Waals surface area contributed by atoms with E-state index < -0.39 is 31.4 Å². The summed E-state index contributed by atoms with van der Waals surface area (Å²) >= 11 is 0. The van der Waals surface area contributed by atoms with Crippen LogP contribution in [0.4, 0.5) is 5.82 Å². The van der Waals surface area contributed by atoms with Crippen molar-refractivity contribution in [2.75, 3.05) is 31.4 Å². The number of nitrogens with zero attached hydrogens (tertiary/aromatic N) is 4. The first-order chi connectivity index (χ1) is 11.8. The van der Waals surface area contributed by atoms with Crippen molar-refractivity contribution in [3.05, 3.63) is 12.7 Å². The number of aliphatic hydroxyl groups excluding tert-OH is 2. The highest BCUT2D eigenvalue weighted by Crippen LogP contribution is 2.40. The number of aliphatic hydroxyl groups is 2. The van der Waals surface area contributed by atoms with Gasteiger partial charge in [-0.3, -0.25) is 4.57 Å². The number of hydrogen-bond donors (Lipinski definition) is 3. The number of fused-ring (bicyclic) bond motifs is 1. The van der Waals surface area contributed by atoms with Crippen LogP contribution in [0.5, 0.6) is 0 Å². The van der Waals surface area contributed by atoms with E-state index in [9.17, 15) is 10.2 Å². The Morgan fingerprint density at radius 2 is 2.04 bits per heavy atom. The molecule has 4 atom stereocenters. The van der Waals surface area contributed by atoms with Crippen LogP contribution in [0.15, 0.2) is 12.7 Å². The molecular formula is C16H26N5O3P. The lowest BCUT2D eigenvalue weighted by Crippen LogP contribution is -2.31. The quantitative estimate of drug-likeness (QED) is 0.654. The average Bonchev–Trinajstić information content (AvgIpc) is 3.09. The van der Waals surface area contributed by atoms with E-state index in [0.29, 0.717) is 29.9 Å². The molecule has 3 N–H and O–H groups in total. The van der Waals surface area contributed by atoms with Gasteiger partial charge in [-0.2, -0.15) is 0 Å². The summed E-state index contributed by atoms with van der Waals surface area (Å²) in [5.41, 5.74) is 1.18. The molecule has 0 amide bonds. The van der Waals surface area contributed by atoms with Crippen LogP contribution >= 0.6 is 6.89 Å². The third-order valence-corrected chi connectivity index (χ3v) is 5.80. The number of rotatable bonds is 6. The van der Waals surface area contributed by atoms with Crippen molar-refractivity contribution in [1.29, 1.82) is 0 Å². The second-order valence-corrected chi connectivity index (χ2v) is 11.4. The number of hydrogen-bond acceptors (Lipinski definition) is 7. The first-order valence-electron chi connectivity index (χ1n) is 8.42. The molecule has 9 heteroatoms. The molecule has 1 saturated heterocycles. The van der Waals surface area contributed by atoms with Gasteiger partial charge in [-0.15, -0.1) is 13.2 Å². The van der Waals surface area contributed by atoms with Crippen LogP contribution in [0.1, 0.15) is 19.6 Å². The van der Waals surface area contributed by atoms with Crippen LogP contribution in [0.2, 0.25) is 0 Å². The monoisotopic (exact) mass is 367 g/mol. The van der Waals surface area contributed by atoms with Crippen LogP contribution in [-0.2, 0) is 4.74 Å². The van der Waals surface area contributed by atoms with Gasteiger partial charge < -0.3 is 20.3 Å². The average molecular weight is 367 g/mol. The number of anilines is 1. The third kappa shape index (κ3) is 3.72. The number of imidazole rings is 1. The maximum absolute atomic E-state index is 10.5. The van der Waals surface area contributed by atoms with Crippen LogP contribution < -0.4 is 5.32 Å². The molecule has 0 aromatic carbocycles. The number of nitrogens with one attached hydrogen (secondary N) is 1. The Labute approximate surface area is 147 Å². The Kier molecular flexibility index (Phi) is 5.16. The van der Waals surface area contributed by atoms with Gasteiger partial charge in [0.05, 0.1) is 12.4 Å². The second-order valence-electron chi connectivity index (χ2n) is 7.07. The molecule has 1 fully saturated rings. The standard InChI is InChI=1S/C16H26N5O3P/c1-5-17-14-11-15(19-8-18-14)21(9-20-11)16-13(23)12(22)10(24-16)6-7-25(2,3)4/h8-10,12-13,16,22-23H,2,5-7H2,1,3-4H3,(H,17,18,19)/t10?,12-,13-,16-/m1/s1. The fourth-order valence-electron chi connectivity index (χ4n) is 3.01. The third-order valence-electron chi connectivity index (χ3n) is 4.33. The molecule has 1 unspecified atom stereocenters. The maximum Gasteiger partial charge on any atom is 0.167 e. The van der Waals surface area contributed by atoms with Crippen LogP contribution in [0, 0.1) is 0 Å². The number of aromatic nitrogens is 4. The largest absolute Gasteiger partial charge is 0.388 e. The van der Waals surface area contributed by atoms with Crippen molar-refractivity contribution in [1.82, 2.24) is 19.5 Å². The Morgan fingerprint density at radius 3 is 2.72 bits per heavy atom. The van der Waals surface area contributed by atoms with Gasteiger partial charge in [0.2, 0.25) is 0 Å². The molecule has 0 saturated carbocycles. The summed E-state index contributed by atoms with van der Waals surface area (Å²) < 4.78 is 7.63. The normalized spacial score (nSPS) is 27.1. The second kappa shape index (κ2) is 7.03. The van der Waals surface area contributed by atoms with Crippen molar-refractivity contribution in [2.45, 2.75) is 37.9 Å². The van der Waals surface area contributed by atoms with Gasteiger partial charge in [0.1, 0.15) is 18.5 Å². The highest BCUT2D eigenvalue weighted by molar-refractivity contribution is 7.72. The van der Waals surface area contributed by atoms with Gasteiger partial charge >= 0.3 is 0 Å². The molecule has 8 nitrogen and oxygen atoms in total. The highest BCUT2D eigenvalue weighted by Gasteiger charge is 2.44. The van der Waals surface area contributed by atoms with Gasteiger partial charge in [-0.1, -0.05) is 0 Å². The van der Waals surface area contributed by atoms with Crippen LogP contribution in [0.3, 0.4) is 0 Å². The number of ether oxygens (including phenoxy) is 1. The molecule has 1 aliphatic rings. The van der Waals surface area contributed by atoms with Crippen molar-refractivity contribution in [3.8, 4) is 0 Å². The van der Waals surface area contributed by atoms with Crippen molar-refractivity contribution in [3.63, 3.8) is 0 Å². The van der Waals surface area contributed by atoms with E-state index in [-0.39, 0.29) is 0 Å². The lowest BCUT2D eigenvalue weighted by Gasteiger charge is -2.18. The Morgan fingerprint density at radius 1 is 1.28 bits per heavy atom. The van der Waals surface area contributed by atoms with E-state index in [0.717, 1.165) is 6.16 Å². The van der Waals surface area contributed by atoms with Crippen molar-refractivity contribution in [2.24, 2.45) is 0 Å². The van der Waals surface area contributed by atoms with Gasteiger partial charge in [-0.25, -0.2) is 15.0 Å².